The number of fused-ring (bicyclic) bond motifs is 2. The Bertz CT molecular complexity index is 2610. The third-order valence-electron chi connectivity index (χ3n) is 12.0. The minimum Gasteiger partial charge on any atom is -0.248 e. The van der Waals surface area contributed by atoms with E-state index in [9.17, 15) is 0 Å². The standard InChI is InChI=1S/C55H45N/c1-38-17-15-28-52-51(37-38)53(39(2)55(52,47-22-9-5-10-23-47)48-24-11-6-12-25-48)54(50-27-16-21-46-20-13-14-26-49(46)50)56-40(3)41-29-31-44(32-30-41)45-35-33-43(34-36-45)42-18-7-4-8-19-42/h4-36,38,51H,3,37H2,1-2H3. The molecule has 0 saturated heterocycles. The number of allylic oxidation sites excluding steroid dienone is 6. The zero-order chi connectivity index (χ0) is 38.1. The van der Waals surface area contributed by atoms with Crippen LogP contribution in [-0.2, 0) is 5.41 Å². The van der Waals surface area contributed by atoms with Crippen LogP contribution in [0.15, 0.2) is 229 Å². The summed E-state index contributed by atoms with van der Waals surface area (Å²) in [5, 5.41) is 2.39. The molecular formula is C55H45N. The zero-order valence-electron chi connectivity index (χ0n) is 32.1. The number of rotatable bonds is 8. The molecule has 1 heteroatoms. The quantitative estimate of drug-likeness (QED) is 0.139. The first kappa shape index (κ1) is 35.2. The highest BCUT2D eigenvalue weighted by Crippen LogP contribution is 2.58. The average Bonchev–Trinajstić information content (AvgIpc) is 3.34. The first-order valence-electron chi connectivity index (χ1n) is 19.8. The SMILES string of the molecule is C=C(N=C(C1=C(C)C(c2ccccc2)(c2ccccc2)C2=CC=CC(C)CC21)c1cccc2ccccc12)c1ccc(-c2ccc(-c3ccccc3)cc2)cc1. The summed E-state index contributed by atoms with van der Waals surface area (Å²) in [6.07, 6.45) is 8.06. The van der Waals surface area contributed by atoms with Crippen molar-refractivity contribution in [2.75, 3.05) is 0 Å². The van der Waals surface area contributed by atoms with Crippen LogP contribution in [0.2, 0.25) is 0 Å². The van der Waals surface area contributed by atoms with Crippen LogP contribution in [0, 0.1) is 11.8 Å². The molecule has 0 amide bonds. The fraction of sp³-hybridized carbons (Fsp3) is 0.109. The minimum absolute atomic E-state index is 0.146. The molecule has 2 unspecified atom stereocenters. The molecule has 0 bridgehead atoms. The van der Waals surface area contributed by atoms with E-state index in [1.165, 1.54) is 60.9 Å². The van der Waals surface area contributed by atoms with Crippen molar-refractivity contribution in [2.45, 2.75) is 25.7 Å². The first-order valence-corrected chi connectivity index (χ1v) is 19.8. The molecule has 0 heterocycles. The molecule has 1 nitrogen and oxygen atoms in total. The average molecular weight is 720 g/mol. The summed E-state index contributed by atoms with van der Waals surface area (Å²) in [6.45, 7) is 9.37. The van der Waals surface area contributed by atoms with Gasteiger partial charge in [-0.25, -0.2) is 4.99 Å². The lowest BCUT2D eigenvalue weighted by molar-refractivity contribution is 0.542. The van der Waals surface area contributed by atoms with Gasteiger partial charge in [0.15, 0.2) is 0 Å². The molecule has 7 aromatic rings. The largest absolute Gasteiger partial charge is 0.248 e. The van der Waals surface area contributed by atoms with Crippen LogP contribution in [-0.4, -0.2) is 5.71 Å². The van der Waals surface area contributed by atoms with Crippen LogP contribution < -0.4 is 0 Å². The second-order valence-electron chi connectivity index (χ2n) is 15.2. The van der Waals surface area contributed by atoms with Gasteiger partial charge in [0.05, 0.1) is 16.8 Å². The van der Waals surface area contributed by atoms with Gasteiger partial charge in [0.2, 0.25) is 0 Å². The van der Waals surface area contributed by atoms with Crippen molar-refractivity contribution >= 4 is 22.2 Å². The normalized spacial score (nSPS) is 17.7. The molecular weight excluding hydrogens is 675 g/mol. The van der Waals surface area contributed by atoms with Crippen LogP contribution >= 0.6 is 0 Å². The number of nitrogens with zero attached hydrogens (tertiary/aromatic N) is 1. The van der Waals surface area contributed by atoms with Crippen molar-refractivity contribution in [3.63, 3.8) is 0 Å². The van der Waals surface area contributed by atoms with Gasteiger partial charge in [0.1, 0.15) is 0 Å². The first-order chi connectivity index (χ1) is 27.5. The van der Waals surface area contributed by atoms with E-state index < -0.39 is 5.41 Å². The van der Waals surface area contributed by atoms with E-state index in [1.807, 2.05) is 0 Å². The minimum atomic E-state index is -0.457. The van der Waals surface area contributed by atoms with Crippen molar-refractivity contribution in [2.24, 2.45) is 16.8 Å². The predicted molar refractivity (Wildman–Crippen MR) is 238 cm³/mol. The number of aliphatic imine (C=N–C) groups is 1. The second kappa shape index (κ2) is 14.9. The molecule has 0 aliphatic heterocycles. The Morgan fingerprint density at radius 2 is 1.11 bits per heavy atom. The van der Waals surface area contributed by atoms with Gasteiger partial charge in [-0.15, -0.1) is 0 Å². The molecule has 9 rings (SSSR count). The Kier molecular flexibility index (Phi) is 9.37. The maximum absolute atomic E-state index is 5.66. The smallest absolute Gasteiger partial charge is 0.0753 e. The van der Waals surface area contributed by atoms with E-state index in [-0.39, 0.29) is 5.92 Å². The summed E-state index contributed by atoms with van der Waals surface area (Å²) >= 11 is 0. The van der Waals surface area contributed by atoms with Crippen molar-refractivity contribution in [3.05, 3.63) is 246 Å². The molecule has 0 saturated carbocycles. The molecule has 0 N–H and O–H groups in total. The lowest BCUT2D eigenvalue weighted by atomic mass is 9.66. The summed E-state index contributed by atoms with van der Waals surface area (Å²) in [6, 6.07) is 65.6. The van der Waals surface area contributed by atoms with Gasteiger partial charge < -0.3 is 0 Å². The lowest BCUT2D eigenvalue weighted by Gasteiger charge is -2.36. The highest BCUT2D eigenvalue weighted by Gasteiger charge is 2.51. The molecule has 7 aromatic carbocycles. The maximum atomic E-state index is 5.66. The van der Waals surface area contributed by atoms with Crippen molar-refractivity contribution in [1.82, 2.24) is 0 Å². The zero-order valence-corrected chi connectivity index (χ0v) is 32.1. The Labute approximate surface area is 331 Å². The predicted octanol–water partition coefficient (Wildman–Crippen LogP) is 14.1. The fourth-order valence-corrected chi connectivity index (χ4v) is 9.27. The maximum Gasteiger partial charge on any atom is 0.0753 e. The highest BCUT2D eigenvalue weighted by atomic mass is 14.8. The molecule has 0 radical (unpaired) electrons. The summed E-state index contributed by atoms with van der Waals surface area (Å²) in [5.41, 5.74) is 14.8. The summed E-state index contributed by atoms with van der Waals surface area (Å²) < 4.78 is 0. The van der Waals surface area contributed by atoms with E-state index in [0.717, 1.165) is 29.0 Å². The van der Waals surface area contributed by atoms with E-state index in [4.69, 9.17) is 4.99 Å². The third kappa shape index (κ3) is 6.20. The van der Waals surface area contributed by atoms with Gasteiger partial charge in [0.25, 0.3) is 0 Å². The van der Waals surface area contributed by atoms with Crippen LogP contribution in [0.1, 0.15) is 42.5 Å². The number of benzene rings is 7. The van der Waals surface area contributed by atoms with E-state index in [2.05, 4.69) is 221 Å². The van der Waals surface area contributed by atoms with Crippen molar-refractivity contribution in [1.29, 1.82) is 0 Å². The fourth-order valence-electron chi connectivity index (χ4n) is 9.27. The molecule has 0 aromatic heterocycles. The van der Waals surface area contributed by atoms with E-state index in [0.29, 0.717) is 5.92 Å². The Hall–Kier alpha value is -6.57. The molecule has 0 fully saturated rings. The molecule has 2 atom stereocenters. The van der Waals surface area contributed by atoms with Gasteiger partial charge in [0, 0.05) is 11.5 Å². The van der Waals surface area contributed by atoms with Crippen molar-refractivity contribution < 1.29 is 0 Å². The highest BCUT2D eigenvalue weighted by molar-refractivity contribution is 6.22. The molecule has 0 spiro atoms. The molecule has 2 aliphatic rings. The van der Waals surface area contributed by atoms with E-state index in [1.54, 1.807) is 0 Å². The third-order valence-corrected chi connectivity index (χ3v) is 12.0. The topological polar surface area (TPSA) is 12.4 Å². The van der Waals surface area contributed by atoms with Gasteiger partial charge in [-0.2, -0.15) is 0 Å². The Morgan fingerprint density at radius 3 is 1.73 bits per heavy atom. The summed E-state index contributed by atoms with van der Waals surface area (Å²) in [5.74, 6) is 0.539. The number of hydrogen-bond acceptors (Lipinski definition) is 1. The van der Waals surface area contributed by atoms with Crippen molar-refractivity contribution in [3.8, 4) is 22.3 Å². The Morgan fingerprint density at radius 1 is 0.589 bits per heavy atom. The Balaban J connectivity index is 1.21. The van der Waals surface area contributed by atoms with Gasteiger partial charge >= 0.3 is 0 Å². The van der Waals surface area contributed by atoms with Crippen LogP contribution in [0.25, 0.3) is 38.7 Å². The van der Waals surface area contributed by atoms with Crippen LogP contribution in [0.5, 0.6) is 0 Å². The monoisotopic (exact) mass is 719 g/mol. The van der Waals surface area contributed by atoms with Crippen LogP contribution in [0.3, 0.4) is 0 Å². The summed E-state index contributed by atoms with van der Waals surface area (Å²) in [4.78, 5) is 5.66. The van der Waals surface area contributed by atoms with E-state index >= 15 is 0 Å². The number of hydrogen-bond donors (Lipinski definition) is 0. The molecule has 2 aliphatic carbocycles. The molecule has 270 valence electrons. The van der Waals surface area contributed by atoms with Gasteiger partial charge in [-0.1, -0.05) is 214 Å². The second-order valence-corrected chi connectivity index (χ2v) is 15.2. The van der Waals surface area contributed by atoms with Gasteiger partial charge in [-0.3, -0.25) is 0 Å². The lowest BCUT2D eigenvalue weighted by Crippen LogP contribution is -2.30. The molecule has 56 heavy (non-hydrogen) atoms. The van der Waals surface area contributed by atoms with Crippen LogP contribution in [0.4, 0.5) is 0 Å². The van der Waals surface area contributed by atoms with Gasteiger partial charge in [-0.05, 0) is 85.7 Å². The summed E-state index contributed by atoms with van der Waals surface area (Å²) in [7, 11) is 0.